The fourth-order valence-electron chi connectivity index (χ4n) is 8.61. The van der Waals surface area contributed by atoms with Crippen LogP contribution in [0, 0.1) is 0 Å². The highest BCUT2D eigenvalue weighted by Crippen LogP contribution is 2.46. The number of fused-ring (bicyclic) bond motifs is 6. The van der Waals surface area contributed by atoms with Crippen LogP contribution in [0.4, 0.5) is 17.1 Å². The normalized spacial score (nSPS) is 11.5. The maximum Gasteiger partial charge on any atom is 0.143 e. The van der Waals surface area contributed by atoms with Crippen molar-refractivity contribution in [1.82, 2.24) is 4.57 Å². The van der Waals surface area contributed by atoms with Crippen LogP contribution in [0.2, 0.25) is 0 Å². The van der Waals surface area contributed by atoms with E-state index in [1.165, 1.54) is 27.4 Å². The molecule has 0 saturated carbocycles. The lowest BCUT2D eigenvalue weighted by Crippen LogP contribution is -2.11. The number of rotatable bonds is 7. The number of para-hydroxylation sites is 5. The maximum atomic E-state index is 6.58. The van der Waals surface area contributed by atoms with Gasteiger partial charge >= 0.3 is 0 Å². The van der Waals surface area contributed by atoms with Crippen LogP contribution in [0.1, 0.15) is 0 Å². The van der Waals surface area contributed by atoms with Crippen molar-refractivity contribution in [1.29, 1.82) is 0 Å². The fourth-order valence-corrected chi connectivity index (χ4v) is 8.61. The molecule has 57 heavy (non-hydrogen) atoms. The minimum absolute atomic E-state index is 0.893. The zero-order valence-corrected chi connectivity index (χ0v) is 31.1. The molecule has 0 radical (unpaired) electrons. The number of hydrogen-bond donors (Lipinski definition) is 0. The van der Waals surface area contributed by atoms with Crippen molar-refractivity contribution in [2.24, 2.45) is 0 Å². The number of hydrogen-bond acceptors (Lipinski definition) is 2. The third-order valence-electron chi connectivity index (χ3n) is 11.2. The zero-order chi connectivity index (χ0) is 37.7. The molecule has 0 fully saturated rings. The molecule has 0 atom stereocenters. The van der Waals surface area contributed by atoms with Crippen LogP contribution in [0.5, 0.6) is 0 Å². The molecule has 9 aromatic carbocycles. The van der Waals surface area contributed by atoms with E-state index in [1.807, 2.05) is 12.1 Å². The van der Waals surface area contributed by atoms with E-state index in [9.17, 15) is 0 Å². The lowest BCUT2D eigenvalue weighted by molar-refractivity contribution is 0.670. The molecular weight excluding hydrogens is 693 g/mol. The molecule has 11 aromatic rings. The average molecular weight is 729 g/mol. The molecular formula is C54H36N2O. The van der Waals surface area contributed by atoms with E-state index in [0.29, 0.717) is 0 Å². The van der Waals surface area contributed by atoms with Gasteiger partial charge in [0.05, 0.1) is 22.4 Å². The SMILES string of the molecule is c1ccc(-c2ccc(-c3cccc4c3oc3ccccc34)cc2N(c2ccccc2)c2ccc3c4ccccc4n(-c4ccccc4-c4ccccc4)c3c2)cc1. The number of nitrogens with zero attached hydrogens (tertiary/aromatic N) is 2. The molecule has 0 saturated heterocycles. The second-order valence-corrected chi connectivity index (χ2v) is 14.5. The van der Waals surface area contributed by atoms with E-state index in [2.05, 4.69) is 216 Å². The number of anilines is 3. The van der Waals surface area contributed by atoms with E-state index in [4.69, 9.17) is 4.42 Å². The van der Waals surface area contributed by atoms with Crippen LogP contribution in [0.25, 0.3) is 82.8 Å². The van der Waals surface area contributed by atoms with Gasteiger partial charge in [-0.25, -0.2) is 0 Å². The topological polar surface area (TPSA) is 21.3 Å². The Bertz CT molecular complexity index is 3230. The molecule has 11 rings (SSSR count). The van der Waals surface area contributed by atoms with Crippen molar-refractivity contribution in [3.05, 3.63) is 218 Å². The van der Waals surface area contributed by atoms with Gasteiger partial charge in [-0.15, -0.1) is 0 Å². The minimum atomic E-state index is 0.893. The number of benzene rings is 9. The first-order valence-electron chi connectivity index (χ1n) is 19.4. The number of aromatic nitrogens is 1. The Morgan fingerprint density at radius 1 is 0.351 bits per heavy atom. The molecule has 0 amide bonds. The van der Waals surface area contributed by atoms with Gasteiger partial charge in [-0.05, 0) is 65.2 Å². The largest absolute Gasteiger partial charge is 0.455 e. The Kier molecular flexibility index (Phi) is 7.82. The molecule has 2 heterocycles. The lowest BCUT2D eigenvalue weighted by Gasteiger charge is -2.29. The highest BCUT2D eigenvalue weighted by molar-refractivity contribution is 6.12. The molecule has 0 bridgehead atoms. The van der Waals surface area contributed by atoms with Gasteiger partial charge in [0.2, 0.25) is 0 Å². The third kappa shape index (κ3) is 5.51. The first-order valence-corrected chi connectivity index (χ1v) is 19.4. The van der Waals surface area contributed by atoms with Crippen molar-refractivity contribution in [2.75, 3.05) is 4.90 Å². The van der Waals surface area contributed by atoms with Crippen molar-refractivity contribution in [3.63, 3.8) is 0 Å². The van der Waals surface area contributed by atoms with Gasteiger partial charge in [0.25, 0.3) is 0 Å². The summed E-state index contributed by atoms with van der Waals surface area (Å²) in [7, 11) is 0. The first kappa shape index (κ1) is 32.8. The van der Waals surface area contributed by atoms with Gasteiger partial charge in [-0.3, -0.25) is 0 Å². The fraction of sp³-hybridized carbons (Fsp3) is 0. The van der Waals surface area contributed by atoms with Crippen LogP contribution < -0.4 is 4.90 Å². The van der Waals surface area contributed by atoms with Gasteiger partial charge in [0.1, 0.15) is 11.2 Å². The van der Waals surface area contributed by atoms with Crippen LogP contribution in [-0.2, 0) is 0 Å². The Labute approximate surface area is 330 Å². The lowest BCUT2D eigenvalue weighted by atomic mass is 9.95. The van der Waals surface area contributed by atoms with E-state index >= 15 is 0 Å². The van der Waals surface area contributed by atoms with Crippen molar-refractivity contribution >= 4 is 60.8 Å². The summed E-state index contributed by atoms with van der Waals surface area (Å²) in [6, 6.07) is 78.2. The predicted octanol–water partition coefficient (Wildman–Crippen LogP) is 15.2. The smallest absolute Gasteiger partial charge is 0.143 e. The number of furan rings is 1. The van der Waals surface area contributed by atoms with Crippen LogP contribution in [-0.4, -0.2) is 4.57 Å². The molecule has 268 valence electrons. The summed E-state index contributed by atoms with van der Waals surface area (Å²) in [6.07, 6.45) is 0. The molecule has 3 heteroatoms. The zero-order valence-electron chi connectivity index (χ0n) is 31.1. The minimum Gasteiger partial charge on any atom is -0.455 e. The summed E-state index contributed by atoms with van der Waals surface area (Å²) < 4.78 is 9.02. The van der Waals surface area contributed by atoms with Crippen molar-refractivity contribution in [3.8, 4) is 39.1 Å². The van der Waals surface area contributed by atoms with Crippen LogP contribution in [0.3, 0.4) is 0 Å². The van der Waals surface area contributed by atoms with Crippen LogP contribution >= 0.6 is 0 Å². The van der Waals surface area contributed by atoms with Gasteiger partial charge in [-0.2, -0.15) is 0 Å². The van der Waals surface area contributed by atoms with Gasteiger partial charge in [-0.1, -0.05) is 170 Å². The molecule has 0 N–H and O–H groups in total. The van der Waals surface area contributed by atoms with E-state index < -0.39 is 0 Å². The Morgan fingerprint density at radius 3 is 1.77 bits per heavy atom. The summed E-state index contributed by atoms with van der Waals surface area (Å²) in [5.74, 6) is 0. The quantitative estimate of drug-likeness (QED) is 0.163. The van der Waals surface area contributed by atoms with Gasteiger partial charge in [0, 0.05) is 49.6 Å². The van der Waals surface area contributed by atoms with Crippen molar-refractivity contribution < 1.29 is 4.42 Å². The highest BCUT2D eigenvalue weighted by Gasteiger charge is 2.22. The predicted molar refractivity (Wildman–Crippen MR) is 239 cm³/mol. The highest BCUT2D eigenvalue weighted by atomic mass is 16.3. The summed E-state index contributed by atoms with van der Waals surface area (Å²) >= 11 is 0. The summed E-state index contributed by atoms with van der Waals surface area (Å²) in [5.41, 5.74) is 15.2. The summed E-state index contributed by atoms with van der Waals surface area (Å²) in [6.45, 7) is 0. The van der Waals surface area contributed by atoms with Gasteiger partial charge < -0.3 is 13.9 Å². The second-order valence-electron chi connectivity index (χ2n) is 14.5. The molecule has 0 unspecified atom stereocenters. The maximum absolute atomic E-state index is 6.58. The van der Waals surface area contributed by atoms with Gasteiger partial charge in [0.15, 0.2) is 0 Å². The third-order valence-corrected chi connectivity index (χ3v) is 11.2. The molecule has 0 spiro atoms. The molecule has 2 aromatic heterocycles. The van der Waals surface area contributed by atoms with E-state index in [1.54, 1.807) is 0 Å². The van der Waals surface area contributed by atoms with E-state index in [0.717, 1.165) is 72.5 Å². The van der Waals surface area contributed by atoms with E-state index in [-0.39, 0.29) is 0 Å². The van der Waals surface area contributed by atoms with Crippen LogP contribution in [0.15, 0.2) is 223 Å². The molecule has 3 nitrogen and oxygen atoms in total. The standard InChI is InChI=1S/C54H36N2O/c1-4-17-37(18-5-1)42-23-10-13-28-49(42)56-50-29-14-11-24-45(50)46-34-32-41(36-52(46)56)55(40-21-8-3-9-22-40)51-35-39(31-33-43(51)38-19-6-2-7-20-38)44-26-16-27-48-47-25-12-15-30-53(47)57-54(44)48/h1-36H. The Morgan fingerprint density at radius 2 is 0.965 bits per heavy atom. The molecule has 0 aliphatic carbocycles. The Balaban J connectivity index is 1.18. The first-order chi connectivity index (χ1) is 28.3. The molecule has 0 aliphatic rings. The molecule has 0 aliphatic heterocycles. The summed E-state index contributed by atoms with van der Waals surface area (Å²) in [4.78, 5) is 2.41. The van der Waals surface area contributed by atoms with Crippen molar-refractivity contribution in [2.45, 2.75) is 0 Å². The summed E-state index contributed by atoms with van der Waals surface area (Å²) in [5, 5.41) is 4.67. The monoisotopic (exact) mass is 728 g/mol. The Hall–Kier alpha value is -7.62. The average Bonchev–Trinajstić information content (AvgIpc) is 3.83. The second kappa shape index (κ2) is 13.6.